The van der Waals surface area contributed by atoms with Gasteiger partial charge < -0.3 is 10.2 Å². The molecule has 4 aromatic rings. The third-order valence-corrected chi connectivity index (χ3v) is 8.23. The number of rotatable bonds is 4. The lowest BCUT2D eigenvalue weighted by Gasteiger charge is -2.48. The lowest BCUT2D eigenvalue weighted by Crippen LogP contribution is -2.61. The summed E-state index contributed by atoms with van der Waals surface area (Å²) in [6.45, 7) is 8.94. The molecule has 4 heterocycles. The zero-order chi connectivity index (χ0) is 23.5. The maximum Gasteiger partial charge on any atom is 0.188 e. The first-order valence-electron chi connectivity index (χ1n) is 10.8. The minimum Gasteiger partial charge on any atom is -0.348 e. The van der Waals surface area contributed by atoms with Gasteiger partial charge in [0.05, 0.1) is 11.8 Å². The number of nitrogens with one attached hydrogen (secondary N) is 2. The highest BCUT2D eigenvalue weighted by atomic mass is 32.1. The quantitative estimate of drug-likeness (QED) is 0.378. The number of H-pyrrole nitrogens is 1. The SMILES string of the molecule is CN(c1nc2sc(-c3cc(F)c(-c4cn[nH]c4)c(F)c3)nc2s1)C1CC(C)(C)NC(C)(C)C1. The van der Waals surface area contributed by atoms with Gasteiger partial charge in [-0.1, -0.05) is 22.7 Å². The number of aromatic nitrogens is 4. The number of hydrogen-bond acceptors (Lipinski definition) is 7. The molecule has 2 N–H and O–H groups in total. The van der Waals surface area contributed by atoms with Crippen LogP contribution in [0.25, 0.3) is 31.4 Å². The van der Waals surface area contributed by atoms with Crippen molar-refractivity contribution in [2.24, 2.45) is 0 Å². The second-order valence-electron chi connectivity index (χ2n) is 9.99. The normalized spacial score (nSPS) is 18.2. The maximum absolute atomic E-state index is 14.7. The maximum atomic E-state index is 14.7. The van der Waals surface area contributed by atoms with Crippen molar-refractivity contribution in [3.63, 3.8) is 0 Å². The summed E-state index contributed by atoms with van der Waals surface area (Å²) >= 11 is 2.87. The van der Waals surface area contributed by atoms with Crippen molar-refractivity contribution in [1.82, 2.24) is 25.5 Å². The Hall–Kier alpha value is -2.43. The molecule has 1 aliphatic heterocycles. The average Bonchev–Trinajstić information content (AvgIpc) is 3.40. The fourth-order valence-corrected chi connectivity index (χ4v) is 7.02. The van der Waals surface area contributed by atoms with Crippen LogP contribution >= 0.6 is 22.7 Å². The Morgan fingerprint density at radius 2 is 1.61 bits per heavy atom. The first-order chi connectivity index (χ1) is 15.5. The van der Waals surface area contributed by atoms with Crippen LogP contribution in [0.3, 0.4) is 0 Å². The number of aromatic amines is 1. The molecule has 10 heteroatoms. The molecule has 0 atom stereocenters. The molecule has 1 aliphatic rings. The van der Waals surface area contributed by atoms with Gasteiger partial charge in [0.1, 0.15) is 16.6 Å². The number of piperidine rings is 1. The highest BCUT2D eigenvalue weighted by molar-refractivity contribution is 7.29. The topological polar surface area (TPSA) is 69.7 Å². The number of benzene rings is 1. The third-order valence-electron chi connectivity index (χ3n) is 6.06. The molecule has 0 saturated carbocycles. The van der Waals surface area contributed by atoms with Crippen LogP contribution in [0.4, 0.5) is 13.9 Å². The van der Waals surface area contributed by atoms with Crippen molar-refractivity contribution in [1.29, 1.82) is 0 Å². The van der Waals surface area contributed by atoms with E-state index in [-0.39, 0.29) is 16.6 Å². The predicted molar refractivity (Wildman–Crippen MR) is 131 cm³/mol. The minimum atomic E-state index is -0.644. The summed E-state index contributed by atoms with van der Waals surface area (Å²) in [5.41, 5.74) is 0.759. The van der Waals surface area contributed by atoms with Crippen LogP contribution in [0, 0.1) is 11.6 Å². The van der Waals surface area contributed by atoms with E-state index in [1.54, 1.807) is 0 Å². The second kappa shape index (κ2) is 7.82. The van der Waals surface area contributed by atoms with Crippen LogP contribution in [0.15, 0.2) is 24.5 Å². The first kappa shape index (κ1) is 22.4. The number of thiazole rings is 2. The highest BCUT2D eigenvalue weighted by Crippen LogP contribution is 2.40. The molecule has 0 bridgehead atoms. The van der Waals surface area contributed by atoms with E-state index in [1.807, 2.05) is 0 Å². The summed E-state index contributed by atoms with van der Waals surface area (Å²) < 4.78 is 29.4. The molecule has 0 amide bonds. The number of nitrogens with zero attached hydrogens (tertiary/aromatic N) is 4. The first-order valence-corrected chi connectivity index (χ1v) is 12.4. The van der Waals surface area contributed by atoms with Gasteiger partial charge >= 0.3 is 0 Å². The lowest BCUT2D eigenvalue weighted by atomic mass is 9.79. The van der Waals surface area contributed by atoms with Crippen molar-refractivity contribution >= 4 is 37.5 Å². The summed E-state index contributed by atoms with van der Waals surface area (Å²) in [5, 5.41) is 11.5. The van der Waals surface area contributed by atoms with E-state index < -0.39 is 11.6 Å². The molecular formula is C23H26F2N6S2. The molecule has 3 aromatic heterocycles. The molecule has 174 valence electrons. The largest absolute Gasteiger partial charge is 0.348 e. The summed E-state index contributed by atoms with van der Waals surface area (Å²) in [4.78, 5) is 13.3. The number of fused-ring (bicyclic) bond motifs is 1. The zero-order valence-corrected chi connectivity index (χ0v) is 20.8. The van der Waals surface area contributed by atoms with Crippen LogP contribution in [0.1, 0.15) is 40.5 Å². The summed E-state index contributed by atoms with van der Waals surface area (Å²) in [7, 11) is 2.09. The highest BCUT2D eigenvalue weighted by Gasteiger charge is 2.39. The Labute approximate surface area is 199 Å². The van der Waals surface area contributed by atoms with Gasteiger partial charge in [0.15, 0.2) is 14.8 Å². The van der Waals surface area contributed by atoms with Gasteiger partial charge in [-0.05, 0) is 52.7 Å². The standard InChI is InChI=1S/C23H26F2N6S2/c1-22(2)8-14(9-23(3,4)30-22)31(5)21-29-20-19(33-21)28-18(32-20)12-6-15(24)17(16(25)7-12)13-10-26-27-11-13/h6-7,10-11,14,30H,8-9H2,1-5H3,(H,26,27). The Balaban J connectivity index is 1.42. The van der Waals surface area contributed by atoms with Gasteiger partial charge in [0.25, 0.3) is 0 Å². The number of anilines is 1. The van der Waals surface area contributed by atoms with Gasteiger partial charge in [-0.15, -0.1) is 0 Å². The van der Waals surface area contributed by atoms with Gasteiger partial charge in [-0.3, -0.25) is 5.10 Å². The van der Waals surface area contributed by atoms with Crippen molar-refractivity contribution < 1.29 is 8.78 Å². The molecule has 0 spiro atoms. The van der Waals surface area contributed by atoms with Crippen LogP contribution in [-0.4, -0.2) is 44.3 Å². The fraction of sp³-hybridized carbons (Fsp3) is 0.435. The van der Waals surface area contributed by atoms with E-state index in [9.17, 15) is 8.78 Å². The predicted octanol–water partition coefficient (Wildman–Crippen LogP) is 5.83. The van der Waals surface area contributed by atoms with Crippen molar-refractivity contribution in [2.75, 3.05) is 11.9 Å². The molecule has 0 aliphatic carbocycles. The number of hydrogen-bond donors (Lipinski definition) is 2. The minimum absolute atomic E-state index is 0.0392. The van der Waals surface area contributed by atoms with Crippen LogP contribution in [0.5, 0.6) is 0 Å². The molecule has 6 nitrogen and oxygen atoms in total. The molecule has 0 radical (unpaired) electrons. The van der Waals surface area contributed by atoms with Crippen LogP contribution in [-0.2, 0) is 0 Å². The van der Waals surface area contributed by atoms with Gasteiger partial charge in [-0.25, -0.2) is 18.7 Å². The molecule has 1 aromatic carbocycles. The molecular weight excluding hydrogens is 462 g/mol. The third kappa shape index (κ3) is 4.27. The summed E-state index contributed by atoms with van der Waals surface area (Å²) in [6.07, 6.45) is 4.89. The van der Waals surface area contributed by atoms with Gasteiger partial charge in [0, 0.05) is 41.5 Å². The van der Waals surface area contributed by atoms with Crippen molar-refractivity contribution in [3.05, 3.63) is 36.2 Å². The second-order valence-corrected chi connectivity index (χ2v) is 11.9. The zero-order valence-electron chi connectivity index (χ0n) is 19.2. The van der Waals surface area contributed by atoms with Crippen LogP contribution in [0.2, 0.25) is 0 Å². The van der Waals surface area contributed by atoms with Crippen molar-refractivity contribution in [3.8, 4) is 21.7 Å². The molecule has 0 unspecified atom stereocenters. The Morgan fingerprint density at radius 3 is 2.18 bits per heavy atom. The smallest absolute Gasteiger partial charge is 0.188 e. The van der Waals surface area contributed by atoms with E-state index in [1.165, 1.54) is 47.2 Å². The van der Waals surface area contributed by atoms with E-state index in [4.69, 9.17) is 4.98 Å². The molecule has 33 heavy (non-hydrogen) atoms. The molecule has 1 fully saturated rings. The van der Waals surface area contributed by atoms with E-state index in [2.05, 4.69) is 60.1 Å². The van der Waals surface area contributed by atoms with Crippen LogP contribution < -0.4 is 10.2 Å². The van der Waals surface area contributed by atoms with E-state index in [0.717, 1.165) is 27.6 Å². The summed E-state index contributed by atoms with van der Waals surface area (Å²) in [5.74, 6) is -1.29. The lowest BCUT2D eigenvalue weighted by molar-refractivity contribution is 0.161. The van der Waals surface area contributed by atoms with Crippen molar-refractivity contribution in [2.45, 2.75) is 57.7 Å². The molecule has 1 saturated heterocycles. The van der Waals surface area contributed by atoms with E-state index in [0.29, 0.717) is 22.2 Å². The average molecular weight is 489 g/mol. The van der Waals surface area contributed by atoms with Gasteiger partial charge in [0.2, 0.25) is 0 Å². The fourth-order valence-electron chi connectivity index (χ4n) is 4.96. The Morgan fingerprint density at radius 1 is 0.970 bits per heavy atom. The Bertz CT molecular complexity index is 1240. The monoisotopic (exact) mass is 488 g/mol. The molecule has 5 rings (SSSR count). The summed E-state index contributed by atoms with van der Waals surface area (Å²) in [6, 6.07) is 3.00. The Kier molecular flexibility index (Phi) is 5.30. The van der Waals surface area contributed by atoms with E-state index >= 15 is 0 Å². The number of halogens is 2. The van der Waals surface area contributed by atoms with Gasteiger partial charge in [-0.2, -0.15) is 5.10 Å².